The van der Waals surface area contributed by atoms with Crippen LogP contribution in [-0.2, 0) is 9.63 Å². The maximum atomic E-state index is 10.9. The van der Waals surface area contributed by atoms with Crippen LogP contribution in [0.15, 0.2) is 28.1 Å². The second kappa shape index (κ2) is 6.73. The largest absolute Gasteiger partial charge is 0.474 e. The molecule has 0 saturated carbocycles. The highest BCUT2D eigenvalue weighted by Crippen LogP contribution is 2.27. The van der Waals surface area contributed by atoms with Crippen LogP contribution in [0.2, 0.25) is 0 Å². The molecule has 2 aromatic rings. The van der Waals surface area contributed by atoms with E-state index in [1.165, 1.54) is 5.06 Å². The van der Waals surface area contributed by atoms with Crippen molar-refractivity contribution < 1.29 is 18.9 Å². The number of amides is 1. The molecule has 0 aliphatic rings. The maximum Gasteiger partial charge on any atom is 0.254 e. The van der Waals surface area contributed by atoms with Crippen LogP contribution in [0.1, 0.15) is 20.8 Å². The van der Waals surface area contributed by atoms with Gasteiger partial charge in [-0.3, -0.25) is 9.63 Å². The lowest BCUT2D eigenvalue weighted by Crippen LogP contribution is -2.35. The lowest BCUT2D eigenvalue weighted by molar-refractivity contribution is -0.217. The van der Waals surface area contributed by atoms with Crippen molar-refractivity contribution in [1.29, 1.82) is 0 Å². The van der Waals surface area contributed by atoms with E-state index in [4.69, 9.17) is 14.1 Å². The maximum absolute atomic E-state index is 10.9. The van der Waals surface area contributed by atoms with Gasteiger partial charge in [0.2, 0.25) is 6.41 Å². The van der Waals surface area contributed by atoms with Gasteiger partial charge in [0.1, 0.15) is 6.61 Å². The second-order valence-corrected chi connectivity index (χ2v) is 6.25. The third kappa shape index (κ3) is 4.87. The summed E-state index contributed by atoms with van der Waals surface area (Å²) >= 11 is 1.56. The Morgan fingerprint density at radius 2 is 2.29 bits per heavy atom. The molecule has 0 aliphatic carbocycles. The zero-order valence-electron chi connectivity index (χ0n) is 12.2. The average Bonchev–Trinajstić information content (AvgIpc) is 3.06. The van der Waals surface area contributed by atoms with Crippen molar-refractivity contribution in [2.45, 2.75) is 26.4 Å². The van der Waals surface area contributed by atoms with Crippen LogP contribution in [0, 0.1) is 0 Å². The first-order valence-electron chi connectivity index (χ1n) is 6.52. The number of rotatable bonds is 7. The molecule has 7 heteroatoms. The van der Waals surface area contributed by atoms with Crippen LogP contribution in [0.3, 0.4) is 0 Å². The van der Waals surface area contributed by atoms with Crippen LogP contribution >= 0.6 is 11.3 Å². The monoisotopic (exact) mass is 310 g/mol. The van der Waals surface area contributed by atoms with Gasteiger partial charge in [0, 0.05) is 0 Å². The number of nitrogens with zero attached hydrogens (tertiary/aromatic N) is 2. The summed E-state index contributed by atoms with van der Waals surface area (Å²) in [6, 6.07) is 5.61. The van der Waals surface area contributed by atoms with E-state index in [0.29, 0.717) is 24.6 Å². The Morgan fingerprint density at radius 1 is 1.48 bits per heavy atom. The minimum Gasteiger partial charge on any atom is -0.474 e. The number of hydrogen-bond acceptors (Lipinski definition) is 6. The molecule has 1 amide bonds. The minimum absolute atomic E-state index is 0.269. The molecule has 0 unspecified atom stereocenters. The van der Waals surface area contributed by atoms with Crippen molar-refractivity contribution in [1.82, 2.24) is 10.2 Å². The van der Waals surface area contributed by atoms with Crippen molar-refractivity contribution >= 4 is 17.7 Å². The summed E-state index contributed by atoms with van der Waals surface area (Å²) < 4.78 is 10.6. The zero-order chi connectivity index (χ0) is 15.3. The number of thiophene rings is 1. The van der Waals surface area contributed by atoms with Crippen molar-refractivity contribution in [3.8, 4) is 16.5 Å². The Bertz CT molecular complexity index is 560. The molecule has 6 nitrogen and oxygen atoms in total. The Morgan fingerprint density at radius 3 is 2.90 bits per heavy atom. The lowest BCUT2D eigenvalue weighted by Gasteiger charge is -2.26. The molecule has 2 aromatic heterocycles. The fourth-order valence-electron chi connectivity index (χ4n) is 1.57. The fourth-order valence-corrected chi connectivity index (χ4v) is 2.25. The van der Waals surface area contributed by atoms with Gasteiger partial charge in [-0.15, -0.1) is 11.3 Å². The van der Waals surface area contributed by atoms with E-state index in [-0.39, 0.29) is 6.61 Å². The molecular formula is C14H18N2O4S. The zero-order valence-corrected chi connectivity index (χ0v) is 13.1. The smallest absolute Gasteiger partial charge is 0.254 e. The van der Waals surface area contributed by atoms with Gasteiger partial charge in [0.25, 0.3) is 5.88 Å². The van der Waals surface area contributed by atoms with E-state index in [1.807, 2.05) is 38.3 Å². The van der Waals surface area contributed by atoms with Crippen molar-refractivity contribution in [3.63, 3.8) is 0 Å². The van der Waals surface area contributed by atoms with Crippen molar-refractivity contribution in [2.24, 2.45) is 0 Å². The van der Waals surface area contributed by atoms with Gasteiger partial charge < -0.3 is 9.26 Å². The summed E-state index contributed by atoms with van der Waals surface area (Å²) in [7, 11) is 0. The highest BCUT2D eigenvalue weighted by Gasteiger charge is 2.16. The van der Waals surface area contributed by atoms with E-state index < -0.39 is 5.60 Å². The average molecular weight is 310 g/mol. The number of hydrogen-bond donors (Lipinski definition) is 0. The summed E-state index contributed by atoms with van der Waals surface area (Å²) in [6.45, 7) is 6.19. The third-order valence-corrected chi connectivity index (χ3v) is 3.21. The number of carbonyl (C=O) groups excluding carboxylic acids is 1. The molecule has 0 bridgehead atoms. The molecule has 0 fully saturated rings. The molecule has 114 valence electrons. The van der Waals surface area contributed by atoms with Crippen LogP contribution in [0.5, 0.6) is 5.88 Å². The molecule has 0 aromatic carbocycles. The summed E-state index contributed by atoms with van der Waals surface area (Å²) in [5, 5.41) is 7.00. The predicted molar refractivity (Wildman–Crippen MR) is 78.9 cm³/mol. The first kappa shape index (κ1) is 15.5. The number of hydroxylamine groups is 2. The fraction of sp³-hybridized carbons (Fsp3) is 0.429. The molecule has 0 saturated heterocycles. The van der Waals surface area contributed by atoms with E-state index in [2.05, 4.69) is 5.16 Å². The third-order valence-electron chi connectivity index (χ3n) is 2.32. The van der Waals surface area contributed by atoms with E-state index in [0.717, 1.165) is 4.88 Å². The highest BCUT2D eigenvalue weighted by molar-refractivity contribution is 7.13. The molecule has 0 aliphatic heterocycles. The van der Waals surface area contributed by atoms with Gasteiger partial charge in [0.05, 0.1) is 23.1 Å². The Labute approximate surface area is 127 Å². The van der Waals surface area contributed by atoms with Gasteiger partial charge in [-0.25, -0.2) is 5.06 Å². The molecule has 0 radical (unpaired) electrons. The number of aromatic nitrogens is 1. The first-order valence-corrected chi connectivity index (χ1v) is 7.40. The first-order chi connectivity index (χ1) is 9.98. The van der Waals surface area contributed by atoms with Crippen molar-refractivity contribution in [3.05, 3.63) is 23.6 Å². The number of carbonyl (C=O) groups is 1. The molecule has 2 rings (SSSR count). The lowest BCUT2D eigenvalue weighted by atomic mass is 10.2. The van der Waals surface area contributed by atoms with E-state index in [1.54, 1.807) is 17.4 Å². The van der Waals surface area contributed by atoms with Crippen LogP contribution < -0.4 is 4.74 Å². The van der Waals surface area contributed by atoms with Gasteiger partial charge in [0.15, 0.2) is 5.76 Å². The quantitative estimate of drug-likeness (QED) is 0.581. The van der Waals surface area contributed by atoms with Crippen LogP contribution in [-0.4, -0.2) is 35.4 Å². The molecular weight excluding hydrogens is 292 g/mol. The highest BCUT2D eigenvalue weighted by atomic mass is 32.1. The van der Waals surface area contributed by atoms with Crippen LogP contribution in [0.4, 0.5) is 0 Å². The molecule has 0 atom stereocenters. The normalized spacial score (nSPS) is 11.4. The topological polar surface area (TPSA) is 64.8 Å². The summed E-state index contributed by atoms with van der Waals surface area (Å²) in [5.41, 5.74) is -0.429. The van der Waals surface area contributed by atoms with Crippen LogP contribution in [0.25, 0.3) is 10.6 Å². The van der Waals surface area contributed by atoms with Gasteiger partial charge in [-0.05, 0) is 37.4 Å². The van der Waals surface area contributed by atoms with E-state index >= 15 is 0 Å². The standard InChI is InChI=1S/C14H18N2O4S/c1-14(2,3)20-16(10-17)6-7-18-13-9-11(19-15-13)12-5-4-8-21-12/h4-5,8-10H,6-7H2,1-3H3. The summed E-state index contributed by atoms with van der Waals surface area (Å²) in [5.74, 6) is 1.05. The van der Waals surface area contributed by atoms with Crippen molar-refractivity contribution in [2.75, 3.05) is 13.2 Å². The number of ether oxygens (including phenoxy) is 1. The Balaban J connectivity index is 1.82. The Kier molecular flexibility index (Phi) is 4.98. The minimum atomic E-state index is -0.429. The SMILES string of the molecule is CC(C)(C)ON(C=O)CCOc1cc(-c2cccs2)on1. The molecule has 0 N–H and O–H groups in total. The molecule has 21 heavy (non-hydrogen) atoms. The Hall–Kier alpha value is -1.86. The summed E-state index contributed by atoms with van der Waals surface area (Å²) in [4.78, 5) is 17.3. The van der Waals surface area contributed by atoms with Gasteiger partial charge >= 0.3 is 0 Å². The molecule has 2 heterocycles. The van der Waals surface area contributed by atoms with Gasteiger partial charge in [-0.2, -0.15) is 0 Å². The second-order valence-electron chi connectivity index (χ2n) is 5.30. The van der Waals surface area contributed by atoms with Gasteiger partial charge in [-0.1, -0.05) is 6.07 Å². The molecule has 0 spiro atoms. The van der Waals surface area contributed by atoms with E-state index in [9.17, 15) is 4.79 Å². The predicted octanol–water partition coefficient (Wildman–Crippen LogP) is 2.97. The summed E-state index contributed by atoms with van der Waals surface area (Å²) in [6.07, 6.45) is 0.633.